The highest BCUT2D eigenvalue weighted by Crippen LogP contribution is 2.24. The average molecular weight is 348 g/mol. The molecule has 0 atom stereocenters. The van der Waals surface area contributed by atoms with Crippen LogP contribution < -0.4 is 0 Å². The second-order valence-electron chi connectivity index (χ2n) is 4.84. The number of hydrogen-bond acceptors (Lipinski definition) is 3. The molecule has 2 heterocycles. The Labute approximate surface area is 141 Å². The van der Waals surface area contributed by atoms with Gasteiger partial charge in [-0.1, -0.05) is 29.3 Å². The Morgan fingerprint density at radius 2 is 2.13 bits per heavy atom. The van der Waals surface area contributed by atoms with Crippen LogP contribution in [0.25, 0.3) is 17.0 Å². The van der Waals surface area contributed by atoms with Gasteiger partial charge in [-0.25, -0.2) is 4.79 Å². The molecule has 0 radical (unpaired) electrons. The lowest BCUT2D eigenvalue weighted by Gasteiger charge is -2.06. The maximum Gasteiger partial charge on any atom is 0.328 e. The number of nitrogens with zero attached hydrogens (tertiary/aromatic N) is 3. The van der Waals surface area contributed by atoms with Crippen molar-refractivity contribution < 1.29 is 9.90 Å². The number of aliphatic carboxylic acids is 1. The number of halogens is 2. The van der Waals surface area contributed by atoms with E-state index in [1.165, 1.54) is 6.08 Å². The summed E-state index contributed by atoms with van der Waals surface area (Å²) < 4.78 is 1.74. The zero-order valence-electron chi connectivity index (χ0n) is 11.8. The maximum absolute atomic E-state index is 10.7. The van der Waals surface area contributed by atoms with Crippen LogP contribution in [-0.2, 0) is 11.3 Å². The van der Waals surface area contributed by atoms with Crippen LogP contribution in [0.15, 0.2) is 42.7 Å². The molecule has 0 amide bonds. The highest BCUT2D eigenvalue weighted by atomic mass is 35.5. The monoisotopic (exact) mass is 347 g/mol. The molecule has 0 saturated carbocycles. The molecule has 2 aromatic heterocycles. The standard InChI is InChI=1S/C16H11Cl2N3O2/c17-11-2-1-10(13(18)7-11)9-21-15-8-19-6-5-12(15)14(20-21)3-4-16(22)23/h1-8H,9H2,(H,22,23). The molecular formula is C16H11Cl2N3O2. The van der Waals surface area contributed by atoms with Crippen molar-refractivity contribution in [1.29, 1.82) is 0 Å². The quantitative estimate of drug-likeness (QED) is 0.727. The number of rotatable bonds is 4. The van der Waals surface area contributed by atoms with E-state index >= 15 is 0 Å². The van der Waals surface area contributed by atoms with Gasteiger partial charge in [0.25, 0.3) is 0 Å². The topological polar surface area (TPSA) is 68.0 Å². The molecule has 3 rings (SSSR count). The van der Waals surface area contributed by atoms with Crippen LogP contribution in [0.4, 0.5) is 0 Å². The van der Waals surface area contributed by atoms with Crippen molar-refractivity contribution in [3.8, 4) is 0 Å². The molecule has 3 aromatic rings. The zero-order valence-corrected chi connectivity index (χ0v) is 13.3. The van der Waals surface area contributed by atoms with E-state index < -0.39 is 5.97 Å². The van der Waals surface area contributed by atoms with Crippen LogP contribution in [0.3, 0.4) is 0 Å². The number of hydrogen-bond donors (Lipinski definition) is 1. The van der Waals surface area contributed by atoms with E-state index in [9.17, 15) is 4.79 Å². The second kappa shape index (κ2) is 6.40. The first kappa shape index (κ1) is 15.5. The van der Waals surface area contributed by atoms with E-state index in [-0.39, 0.29) is 0 Å². The third-order valence-corrected chi connectivity index (χ3v) is 3.89. The van der Waals surface area contributed by atoms with Gasteiger partial charge in [0.15, 0.2) is 0 Å². The van der Waals surface area contributed by atoms with Crippen molar-refractivity contribution in [3.63, 3.8) is 0 Å². The first-order valence-electron chi connectivity index (χ1n) is 6.70. The predicted molar refractivity (Wildman–Crippen MR) is 89.8 cm³/mol. The summed E-state index contributed by atoms with van der Waals surface area (Å²) in [6.07, 6.45) is 5.85. The summed E-state index contributed by atoms with van der Waals surface area (Å²) in [5.74, 6) is -1.03. The number of pyridine rings is 1. The van der Waals surface area contributed by atoms with Crippen LogP contribution >= 0.6 is 23.2 Å². The van der Waals surface area contributed by atoms with E-state index in [2.05, 4.69) is 10.1 Å². The number of benzene rings is 1. The van der Waals surface area contributed by atoms with Gasteiger partial charge in [0.1, 0.15) is 0 Å². The van der Waals surface area contributed by atoms with Crippen molar-refractivity contribution in [1.82, 2.24) is 14.8 Å². The van der Waals surface area contributed by atoms with E-state index in [0.717, 1.165) is 22.5 Å². The summed E-state index contributed by atoms with van der Waals surface area (Å²) in [6, 6.07) is 7.07. The molecule has 0 spiro atoms. The summed E-state index contributed by atoms with van der Waals surface area (Å²) in [5, 5.41) is 15.2. The van der Waals surface area contributed by atoms with Gasteiger partial charge in [-0.2, -0.15) is 5.10 Å². The lowest BCUT2D eigenvalue weighted by atomic mass is 10.2. The summed E-state index contributed by atoms with van der Waals surface area (Å²) in [4.78, 5) is 14.8. The fraction of sp³-hybridized carbons (Fsp3) is 0.0625. The lowest BCUT2D eigenvalue weighted by Crippen LogP contribution is -2.02. The number of aromatic nitrogens is 3. The molecule has 5 nitrogen and oxygen atoms in total. The minimum absolute atomic E-state index is 0.430. The Balaban J connectivity index is 2.05. The van der Waals surface area contributed by atoms with Crippen molar-refractivity contribution >= 4 is 46.2 Å². The largest absolute Gasteiger partial charge is 0.478 e. The van der Waals surface area contributed by atoms with Crippen molar-refractivity contribution in [2.45, 2.75) is 6.54 Å². The van der Waals surface area contributed by atoms with Crippen LogP contribution in [0.2, 0.25) is 10.0 Å². The molecule has 0 aliphatic rings. The van der Waals surface area contributed by atoms with Gasteiger partial charge >= 0.3 is 5.97 Å². The SMILES string of the molecule is O=C(O)C=Cc1nn(Cc2ccc(Cl)cc2Cl)c2cnccc12. The van der Waals surface area contributed by atoms with Gasteiger partial charge < -0.3 is 5.11 Å². The van der Waals surface area contributed by atoms with Gasteiger partial charge in [-0.3, -0.25) is 9.67 Å². The Morgan fingerprint density at radius 3 is 2.87 bits per heavy atom. The first-order valence-corrected chi connectivity index (χ1v) is 7.45. The molecule has 0 bridgehead atoms. The molecule has 23 heavy (non-hydrogen) atoms. The van der Waals surface area contributed by atoms with E-state index in [1.807, 2.05) is 6.07 Å². The predicted octanol–water partition coefficient (Wildman–Crippen LogP) is 3.88. The minimum Gasteiger partial charge on any atom is -0.478 e. The number of carboxylic acids is 1. The molecule has 7 heteroatoms. The molecule has 0 aliphatic carbocycles. The Morgan fingerprint density at radius 1 is 1.30 bits per heavy atom. The zero-order chi connectivity index (χ0) is 16.4. The summed E-state index contributed by atoms with van der Waals surface area (Å²) in [7, 11) is 0. The van der Waals surface area contributed by atoms with E-state index in [4.69, 9.17) is 28.3 Å². The minimum atomic E-state index is -1.03. The average Bonchev–Trinajstić information content (AvgIpc) is 2.86. The van der Waals surface area contributed by atoms with Gasteiger partial charge in [0, 0.05) is 27.7 Å². The molecule has 0 saturated heterocycles. The van der Waals surface area contributed by atoms with Crippen LogP contribution in [-0.4, -0.2) is 25.8 Å². The first-order chi connectivity index (χ1) is 11.0. The van der Waals surface area contributed by atoms with Gasteiger partial charge in [-0.15, -0.1) is 0 Å². The van der Waals surface area contributed by atoms with Crippen LogP contribution in [0.1, 0.15) is 11.3 Å². The summed E-state index contributed by atoms with van der Waals surface area (Å²) in [5.41, 5.74) is 2.22. The molecule has 116 valence electrons. The summed E-state index contributed by atoms with van der Waals surface area (Å²) in [6.45, 7) is 0.430. The van der Waals surface area contributed by atoms with Crippen molar-refractivity contribution in [3.05, 3.63) is 64.0 Å². The van der Waals surface area contributed by atoms with Gasteiger partial charge in [0.05, 0.1) is 24.0 Å². The lowest BCUT2D eigenvalue weighted by molar-refractivity contribution is -0.131. The van der Waals surface area contributed by atoms with Crippen molar-refractivity contribution in [2.24, 2.45) is 0 Å². The molecule has 0 unspecified atom stereocenters. The molecule has 0 aliphatic heterocycles. The third-order valence-electron chi connectivity index (χ3n) is 3.30. The van der Waals surface area contributed by atoms with Crippen LogP contribution in [0, 0.1) is 0 Å². The fourth-order valence-corrected chi connectivity index (χ4v) is 2.72. The highest BCUT2D eigenvalue weighted by molar-refractivity contribution is 6.35. The van der Waals surface area contributed by atoms with Gasteiger partial charge in [0.2, 0.25) is 0 Å². The normalized spacial score (nSPS) is 11.4. The summed E-state index contributed by atoms with van der Waals surface area (Å²) >= 11 is 12.1. The van der Waals surface area contributed by atoms with Gasteiger partial charge in [-0.05, 0) is 29.8 Å². The number of carboxylic acid groups (broad SMARTS) is 1. The van der Waals surface area contributed by atoms with Crippen LogP contribution in [0.5, 0.6) is 0 Å². The molecule has 1 N–H and O–H groups in total. The second-order valence-corrected chi connectivity index (χ2v) is 5.69. The number of fused-ring (bicyclic) bond motifs is 1. The molecule has 1 aromatic carbocycles. The molecular weight excluding hydrogens is 337 g/mol. The van der Waals surface area contributed by atoms with Crippen molar-refractivity contribution in [2.75, 3.05) is 0 Å². The third kappa shape index (κ3) is 3.36. The van der Waals surface area contributed by atoms with E-state index in [1.54, 1.807) is 35.3 Å². The Hall–Kier alpha value is -2.37. The maximum atomic E-state index is 10.7. The van der Waals surface area contributed by atoms with E-state index in [0.29, 0.717) is 22.3 Å². The fourth-order valence-electron chi connectivity index (χ4n) is 2.25. The Kier molecular flexibility index (Phi) is 4.32. The Bertz CT molecular complexity index is 919. The molecule has 0 fully saturated rings. The highest BCUT2D eigenvalue weighted by Gasteiger charge is 2.11. The number of carbonyl (C=O) groups is 1. The smallest absolute Gasteiger partial charge is 0.328 e.